The first-order valence-electron chi connectivity index (χ1n) is 8.81. The van der Waals surface area contributed by atoms with E-state index < -0.39 is 0 Å². The molecule has 0 spiro atoms. The first-order chi connectivity index (χ1) is 12.3. The Morgan fingerprint density at radius 1 is 1.32 bits per heavy atom. The molecule has 25 heavy (non-hydrogen) atoms. The third-order valence-electron chi connectivity index (χ3n) is 4.90. The van der Waals surface area contributed by atoms with E-state index in [0.717, 1.165) is 32.5 Å². The summed E-state index contributed by atoms with van der Waals surface area (Å²) in [6, 6.07) is 4.03. The molecule has 0 aliphatic carbocycles. The molecule has 7 heteroatoms. The molecule has 2 aromatic rings. The molecule has 6 nitrogen and oxygen atoms in total. The van der Waals surface area contributed by atoms with Gasteiger partial charge in [0, 0.05) is 30.7 Å². The van der Waals surface area contributed by atoms with Gasteiger partial charge >= 0.3 is 0 Å². The summed E-state index contributed by atoms with van der Waals surface area (Å²) in [5, 5.41) is 2.13. The number of morpholine rings is 1. The maximum absolute atomic E-state index is 13.1. The van der Waals surface area contributed by atoms with Crippen LogP contribution in [0.1, 0.15) is 40.3 Å². The van der Waals surface area contributed by atoms with Crippen LogP contribution < -0.4 is 4.90 Å². The SMILES string of the molecule is CCC1c2ccsc2CCN1C(=O)c1ccnc(N2CCOCC2)n1. The molecule has 0 aromatic carbocycles. The van der Waals surface area contributed by atoms with Crippen LogP contribution in [-0.4, -0.2) is 53.6 Å². The number of thiophene rings is 1. The van der Waals surface area contributed by atoms with Gasteiger partial charge in [-0.1, -0.05) is 6.92 Å². The van der Waals surface area contributed by atoms with Crippen LogP contribution in [0.15, 0.2) is 23.7 Å². The minimum atomic E-state index is 0.000564. The number of hydrogen-bond acceptors (Lipinski definition) is 6. The number of anilines is 1. The molecule has 1 saturated heterocycles. The Morgan fingerprint density at radius 3 is 2.96 bits per heavy atom. The summed E-state index contributed by atoms with van der Waals surface area (Å²) in [6.07, 6.45) is 3.53. The van der Waals surface area contributed by atoms with Crippen molar-refractivity contribution >= 4 is 23.2 Å². The molecule has 2 aromatic heterocycles. The maximum atomic E-state index is 13.1. The van der Waals surface area contributed by atoms with Gasteiger partial charge < -0.3 is 14.5 Å². The van der Waals surface area contributed by atoms with Crippen LogP contribution in [0.4, 0.5) is 5.95 Å². The lowest BCUT2D eigenvalue weighted by atomic mass is 9.97. The Balaban J connectivity index is 1.58. The van der Waals surface area contributed by atoms with Crippen molar-refractivity contribution in [1.29, 1.82) is 0 Å². The van der Waals surface area contributed by atoms with E-state index in [-0.39, 0.29) is 11.9 Å². The second-order valence-corrected chi connectivity index (χ2v) is 7.31. The molecule has 1 amide bonds. The molecule has 1 unspecified atom stereocenters. The van der Waals surface area contributed by atoms with Crippen LogP contribution in [0.3, 0.4) is 0 Å². The summed E-state index contributed by atoms with van der Waals surface area (Å²) in [5.74, 6) is 0.621. The topological polar surface area (TPSA) is 58.6 Å². The molecule has 1 atom stereocenters. The Kier molecular flexibility index (Phi) is 4.67. The minimum Gasteiger partial charge on any atom is -0.378 e. The van der Waals surface area contributed by atoms with Crippen LogP contribution >= 0.6 is 11.3 Å². The number of nitrogens with zero attached hydrogens (tertiary/aromatic N) is 4. The third-order valence-corrected chi connectivity index (χ3v) is 5.89. The van der Waals surface area contributed by atoms with Gasteiger partial charge in [-0.2, -0.15) is 0 Å². The molecule has 0 saturated carbocycles. The zero-order chi connectivity index (χ0) is 17.2. The average Bonchev–Trinajstić information content (AvgIpc) is 3.16. The summed E-state index contributed by atoms with van der Waals surface area (Å²) < 4.78 is 5.38. The van der Waals surface area contributed by atoms with E-state index in [1.54, 1.807) is 23.6 Å². The van der Waals surface area contributed by atoms with Gasteiger partial charge in [-0.05, 0) is 35.9 Å². The van der Waals surface area contributed by atoms with Crippen molar-refractivity contribution in [3.05, 3.63) is 39.8 Å². The number of fused-ring (bicyclic) bond motifs is 1. The quantitative estimate of drug-likeness (QED) is 0.844. The van der Waals surface area contributed by atoms with Crippen molar-refractivity contribution in [1.82, 2.24) is 14.9 Å². The summed E-state index contributed by atoms with van der Waals surface area (Å²) >= 11 is 1.79. The molecule has 0 radical (unpaired) electrons. The second kappa shape index (κ2) is 7.09. The highest BCUT2D eigenvalue weighted by Crippen LogP contribution is 2.35. The van der Waals surface area contributed by atoms with Gasteiger partial charge in [0.15, 0.2) is 0 Å². The van der Waals surface area contributed by atoms with Crippen LogP contribution in [-0.2, 0) is 11.2 Å². The number of amides is 1. The molecule has 4 heterocycles. The van der Waals surface area contributed by atoms with Crippen molar-refractivity contribution in [3.63, 3.8) is 0 Å². The Labute approximate surface area is 151 Å². The van der Waals surface area contributed by atoms with E-state index in [9.17, 15) is 4.79 Å². The number of ether oxygens (including phenoxy) is 1. The third kappa shape index (κ3) is 3.14. The fourth-order valence-corrected chi connectivity index (χ4v) is 4.54. The Bertz CT molecular complexity index is 757. The first kappa shape index (κ1) is 16.5. The molecular weight excluding hydrogens is 336 g/mol. The van der Waals surface area contributed by atoms with E-state index >= 15 is 0 Å². The van der Waals surface area contributed by atoms with Crippen LogP contribution in [0.2, 0.25) is 0 Å². The van der Waals surface area contributed by atoms with Crippen molar-refractivity contribution in [2.75, 3.05) is 37.7 Å². The summed E-state index contributed by atoms with van der Waals surface area (Å²) in [4.78, 5) is 27.5. The van der Waals surface area contributed by atoms with Crippen LogP contribution in [0.5, 0.6) is 0 Å². The predicted octanol–water partition coefficient (Wildman–Crippen LogP) is 2.52. The highest BCUT2D eigenvalue weighted by Gasteiger charge is 2.31. The fraction of sp³-hybridized carbons (Fsp3) is 0.500. The van der Waals surface area contributed by atoms with E-state index in [0.29, 0.717) is 24.9 Å². The van der Waals surface area contributed by atoms with Gasteiger partial charge in [0.25, 0.3) is 5.91 Å². The minimum absolute atomic E-state index is 0.000564. The number of hydrogen-bond donors (Lipinski definition) is 0. The molecule has 2 aliphatic heterocycles. The summed E-state index contributed by atoms with van der Waals surface area (Å²) in [7, 11) is 0. The van der Waals surface area contributed by atoms with Crippen molar-refractivity contribution < 1.29 is 9.53 Å². The highest BCUT2D eigenvalue weighted by atomic mass is 32.1. The second-order valence-electron chi connectivity index (χ2n) is 6.31. The van der Waals surface area contributed by atoms with Gasteiger partial charge in [-0.15, -0.1) is 11.3 Å². The normalized spacial score (nSPS) is 20.4. The lowest BCUT2D eigenvalue weighted by molar-refractivity contribution is 0.0651. The van der Waals surface area contributed by atoms with Gasteiger partial charge in [-0.25, -0.2) is 9.97 Å². The molecule has 132 valence electrons. The molecular formula is C18H22N4O2S. The van der Waals surface area contributed by atoms with Crippen LogP contribution in [0.25, 0.3) is 0 Å². The van der Waals surface area contributed by atoms with Crippen LogP contribution in [0, 0.1) is 0 Å². The lowest BCUT2D eigenvalue weighted by Gasteiger charge is -2.35. The molecule has 4 rings (SSSR count). The monoisotopic (exact) mass is 358 g/mol. The summed E-state index contributed by atoms with van der Waals surface area (Å²) in [5.41, 5.74) is 1.78. The fourth-order valence-electron chi connectivity index (χ4n) is 3.61. The van der Waals surface area contributed by atoms with Gasteiger partial charge in [0.1, 0.15) is 5.69 Å². The van der Waals surface area contributed by atoms with E-state index in [2.05, 4.69) is 33.2 Å². The van der Waals surface area contributed by atoms with Gasteiger partial charge in [0.2, 0.25) is 5.95 Å². The van der Waals surface area contributed by atoms with Crippen molar-refractivity contribution in [2.24, 2.45) is 0 Å². The molecule has 0 N–H and O–H groups in total. The van der Waals surface area contributed by atoms with Crippen molar-refractivity contribution in [2.45, 2.75) is 25.8 Å². The van der Waals surface area contributed by atoms with Gasteiger partial charge in [-0.3, -0.25) is 4.79 Å². The molecule has 1 fully saturated rings. The summed E-state index contributed by atoms with van der Waals surface area (Å²) in [6.45, 7) is 5.76. The zero-order valence-corrected chi connectivity index (χ0v) is 15.2. The van der Waals surface area contributed by atoms with Crippen molar-refractivity contribution in [3.8, 4) is 0 Å². The van der Waals surface area contributed by atoms with E-state index in [4.69, 9.17) is 4.74 Å². The Morgan fingerprint density at radius 2 is 2.16 bits per heavy atom. The van der Waals surface area contributed by atoms with Gasteiger partial charge in [0.05, 0.1) is 19.3 Å². The average molecular weight is 358 g/mol. The Hall–Kier alpha value is -1.99. The maximum Gasteiger partial charge on any atom is 0.273 e. The number of carbonyl (C=O) groups is 1. The zero-order valence-electron chi connectivity index (χ0n) is 14.4. The lowest BCUT2D eigenvalue weighted by Crippen LogP contribution is -2.40. The number of carbonyl (C=O) groups excluding carboxylic acids is 1. The largest absolute Gasteiger partial charge is 0.378 e. The van der Waals surface area contributed by atoms with E-state index in [1.807, 2.05) is 4.90 Å². The first-order valence-corrected chi connectivity index (χ1v) is 9.69. The smallest absolute Gasteiger partial charge is 0.273 e. The highest BCUT2D eigenvalue weighted by molar-refractivity contribution is 7.10. The molecule has 0 bridgehead atoms. The number of rotatable bonds is 3. The van der Waals surface area contributed by atoms with E-state index in [1.165, 1.54) is 10.4 Å². The molecule has 2 aliphatic rings. The predicted molar refractivity (Wildman–Crippen MR) is 97.2 cm³/mol. The number of aromatic nitrogens is 2. The standard InChI is InChI=1S/C18H22N4O2S/c1-2-15-13-5-12-25-16(13)4-7-22(15)17(23)14-3-6-19-18(20-14)21-8-10-24-11-9-21/h3,5-6,12,15H,2,4,7-11H2,1H3.